The first-order valence-electron chi connectivity index (χ1n) is 8.72. The maximum absolute atomic E-state index is 12.4. The fraction of sp³-hybridized carbons (Fsp3) is 0.632. The summed E-state index contributed by atoms with van der Waals surface area (Å²) >= 11 is 0. The molecule has 1 heterocycles. The Morgan fingerprint density at radius 1 is 1.30 bits per heavy atom. The number of hydrogen-bond acceptors (Lipinski definition) is 3. The summed E-state index contributed by atoms with van der Waals surface area (Å²) in [5.41, 5.74) is 2.04. The summed E-state index contributed by atoms with van der Waals surface area (Å²) in [5.74, 6) is 0. The molecule has 1 atom stereocenters. The third-order valence-electron chi connectivity index (χ3n) is 4.18. The number of carbonyl (C=O) groups is 1. The van der Waals surface area contributed by atoms with Gasteiger partial charge in [0, 0.05) is 18.8 Å². The molecule has 2 rings (SSSR count). The van der Waals surface area contributed by atoms with Crippen LogP contribution in [0.15, 0.2) is 24.3 Å². The second kappa shape index (κ2) is 7.71. The first-order chi connectivity index (χ1) is 10.9. The number of piperidine rings is 1. The number of likely N-dealkylation sites (tertiary alicyclic amines) is 1. The van der Waals surface area contributed by atoms with Crippen molar-refractivity contribution >= 4 is 11.8 Å². The van der Waals surface area contributed by atoms with E-state index in [9.17, 15) is 4.79 Å². The quantitative estimate of drug-likeness (QED) is 0.891. The Hall–Kier alpha value is -1.71. The number of nitrogens with one attached hydrogen (secondary N) is 1. The number of hydrogen-bond donors (Lipinski definition) is 1. The van der Waals surface area contributed by atoms with E-state index >= 15 is 0 Å². The van der Waals surface area contributed by atoms with Crippen molar-refractivity contribution in [1.29, 1.82) is 0 Å². The Kier molecular flexibility index (Phi) is 5.91. The van der Waals surface area contributed by atoms with Gasteiger partial charge in [0.15, 0.2) is 0 Å². The summed E-state index contributed by atoms with van der Waals surface area (Å²) in [6.45, 7) is 9.47. The number of para-hydroxylation sites is 1. The molecule has 0 saturated carbocycles. The molecule has 1 amide bonds. The normalized spacial score (nSPS) is 18.6. The predicted octanol–water partition coefficient (Wildman–Crippen LogP) is 4.45. The van der Waals surface area contributed by atoms with Crippen molar-refractivity contribution in [2.45, 2.75) is 65.0 Å². The lowest BCUT2D eigenvalue weighted by molar-refractivity contribution is 0.0114. The zero-order chi connectivity index (χ0) is 16.9. The molecule has 0 spiro atoms. The van der Waals surface area contributed by atoms with E-state index in [4.69, 9.17) is 4.74 Å². The van der Waals surface area contributed by atoms with E-state index in [-0.39, 0.29) is 12.1 Å². The zero-order valence-corrected chi connectivity index (χ0v) is 14.9. The van der Waals surface area contributed by atoms with Gasteiger partial charge >= 0.3 is 6.09 Å². The molecule has 0 aromatic heterocycles. The molecule has 1 aliphatic heterocycles. The third kappa shape index (κ3) is 5.15. The molecule has 0 radical (unpaired) electrons. The van der Waals surface area contributed by atoms with Gasteiger partial charge in [-0.3, -0.25) is 0 Å². The van der Waals surface area contributed by atoms with E-state index in [0.717, 1.165) is 32.4 Å². The molecule has 4 heteroatoms. The van der Waals surface area contributed by atoms with E-state index < -0.39 is 5.60 Å². The first-order valence-corrected chi connectivity index (χ1v) is 8.72. The molecule has 128 valence electrons. The van der Waals surface area contributed by atoms with Crippen LogP contribution in [0.25, 0.3) is 0 Å². The van der Waals surface area contributed by atoms with E-state index in [1.165, 1.54) is 17.7 Å². The van der Waals surface area contributed by atoms with Gasteiger partial charge in [-0.05, 0) is 58.1 Å². The lowest BCUT2D eigenvalue weighted by Gasteiger charge is -2.37. The van der Waals surface area contributed by atoms with Gasteiger partial charge < -0.3 is 15.0 Å². The topological polar surface area (TPSA) is 41.6 Å². The lowest BCUT2D eigenvalue weighted by Crippen LogP contribution is -2.48. The summed E-state index contributed by atoms with van der Waals surface area (Å²) in [5, 5.41) is 3.53. The van der Waals surface area contributed by atoms with Crippen molar-refractivity contribution in [2.75, 3.05) is 18.4 Å². The smallest absolute Gasteiger partial charge is 0.410 e. The summed E-state index contributed by atoms with van der Waals surface area (Å²) < 4.78 is 5.56. The van der Waals surface area contributed by atoms with Gasteiger partial charge in [-0.1, -0.05) is 25.1 Å². The van der Waals surface area contributed by atoms with E-state index in [1.807, 2.05) is 31.7 Å². The SMILES string of the molecule is CCc1ccccc1NCC1CCCCN1C(=O)OC(C)(C)C. The maximum atomic E-state index is 12.4. The van der Waals surface area contributed by atoms with Crippen LogP contribution in [-0.4, -0.2) is 35.7 Å². The Morgan fingerprint density at radius 3 is 2.74 bits per heavy atom. The van der Waals surface area contributed by atoms with Gasteiger partial charge in [-0.25, -0.2) is 4.79 Å². The van der Waals surface area contributed by atoms with Crippen LogP contribution < -0.4 is 5.32 Å². The Bertz CT molecular complexity index is 522. The molecular formula is C19H30N2O2. The average molecular weight is 318 g/mol. The molecule has 23 heavy (non-hydrogen) atoms. The second-order valence-electron chi connectivity index (χ2n) is 7.21. The molecule has 1 fully saturated rings. The van der Waals surface area contributed by atoms with Crippen LogP contribution in [0.5, 0.6) is 0 Å². The maximum Gasteiger partial charge on any atom is 0.410 e. The number of benzene rings is 1. The summed E-state index contributed by atoms with van der Waals surface area (Å²) in [6.07, 6.45) is 4.07. The molecule has 1 N–H and O–H groups in total. The molecular weight excluding hydrogens is 288 g/mol. The van der Waals surface area contributed by atoms with Gasteiger partial charge in [0.05, 0.1) is 6.04 Å². The van der Waals surface area contributed by atoms with E-state index in [1.54, 1.807) is 0 Å². The minimum Gasteiger partial charge on any atom is -0.444 e. The van der Waals surface area contributed by atoms with E-state index in [2.05, 4.69) is 30.4 Å². The Labute approximate surface area is 140 Å². The average Bonchev–Trinajstić information content (AvgIpc) is 2.51. The standard InChI is InChI=1S/C19H30N2O2/c1-5-15-10-6-7-12-17(15)20-14-16-11-8-9-13-21(16)18(22)23-19(2,3)4/h6-7,10,12,16,20H,5,8-9,11,13-14H2,1-4H3. The monoisotopic (exact) mass is 318 g/mol. The fourth-order valence-corrected chi connectivity index (χ4v) is 3.00. The number of ether oxygens (including phenoxy) is 1. The molecule has 1 unspecified atom stereocenters. The number of rotatable bonds is 4. The number of anilines is 1. The van der Waals surface area contributed by atoms with Gasteiger partial charge in [-0.2, -0.15) is 0 Å². The van der Waals surface area contributed by atoms with Gasteiger partial charge in [-0.15, -0.1) is 0 Å². The highest BCUT2D eigenvalue weighted by Crippen LogP contribution is 2.22. The highest BCUT2D eigenvalue weighted by atomic mass is 16.6. The minimum absolute atomic E-state index is 0.187. The van der Waals surface area contributed by atoms with Crippen LogP contribution in [0.4, 0.5) is 10.5 Å². The Balaban J connectivity index is 2.00. The number of amides is 1. The van der Waals surface area contributed by atoms with Gasteiger partial charge in [0.25, 0.3) is 0 Å². The van der Waals surface area contributed by atoms with Crippen LogP contribution in [0.2, 0.25) is 0 Å². The van der Waals surface area contributed by atoms with Crippen LogP contribution >= 0.6 is 0 Å². The highest BCUT2D eigenvalue weighted by Gasteiger charge is 2.30. The zero-order valence-electron chi connectivity index (χ0n) is 14.9. The largest absolute Gasteiger partial charge is 0.444 e. The second-order valence-corrected chi connectivity index (χ2v) is 7.21. The van der Waals surface area contributed by atoms with Crippen LogP contribution in [-0.2, 0) is 11.2 Å². The molecule has 1 saturated heterocycles. The first kappa shape index (κ1) is 17.6. The number of aryl methyl sites for hydroxylation is 1. The molecule has 1 aliphatic rings. The summed E-state index contributed by atoms with van der Waals surface area (Å²) in [6, 6.07) is 8.57. The van der Waals surface area contributed by atoms with Crippen molar-refractivity contribution in [3.63, 3.8) is 0 Å². The van der Waals surface area contributed by atoms with Crippen molar-refractivity contribution in [1.82, 2.24) is 4.90 Å². The van der Waals surface area contributed by atoms with Crippen LogP contribution in [0.3, 0.4) is 0 Å². The minimum atomic E-state index is -0.443. The third-order valence-corrected chi connectivity index (χ3v) is 4.18. The molecule has 1 aromatic carbocycles. The summed E-state index contributed by atoms with van der Waals surface area (Å²) in [4.78, 5) is 14.3. The van der Waals surface area contributed by atoms with Crippen molar-refractivity contribution in [3.8, 4) is 0 Å². The van der Waals surface area contributed by atoms with Crippen LogP contribution in [0, 0.1) is 0 Å². The number of carbonyl (C=O) groups excluding carboxylic acids is 1. The fourth-order valence-electron chi connectivity index (χ4n) is 3.00. The van der Waals surface area contributed by atoms with E-state index in [0.29, 0.717) is 0 Å². The summed E-state index contributed by atoms with van der Waals surface area (Å²) in [7, 11) is 0. The molecule has 4 nitrogen and oxygen atoms in total. The van der Waals surface area contributed by atoms with Gasteiger partial charge in [0.1, 0.15) is 5.60 Å². The van der Waals surface area contributed by atoms with Crippen molar-refractivity contribution < 1.29 is 9.53 Å². The highest BCUT2D eigenvalue weighted by molar-refractivity contribution is 5.69. The molecule has 0 bridgehead atoms. The molecule has 1 aromatic rings. The van der Waals surface area contributed by atoms with Crippen molar-refractivity contribution in [2.24, 2.45) is 0 Å². The predicted molar refractivity (Wildman–Crippen MR) is 94.9 cm³/mol. The number of nitrogens with zero attached hydrogens (tertiary/aromatic N) is 1. The van der Waals surface area contributed by atoms with Gasteiger partial charge in [0.2, 0.25) is 0 Å². The molecule has 0 aliphatic carbocycles. The lowest BCUT2D eigenvalue weighted by atomic mass is 10.0. The van der Waals surface area contributed by atoms with Crippen LogP contribution in [0.1, 0.15) is 52.5 Å². The van der Waals surface area contributed by atoms with Crippen molar-refractivity contribution in [3.05, 3.63) is 29.8 Å². The Morgan fingerprint density at radius 2 is 2.04 bits per heavy atom.